The van der Waals surface area contributed by atoms with Crippen LogP contribution in [0.5, 0.6) is 5.75 Å². The summed E-state index contributed by atoms with van der Waals surface area (Å²) in [6.07, 6.45) is 5.67. The molecule has 0 bridgehead atoms. The molecule has 0 aromatic heterocycles. The Morgan fingerprint density at radius 2 is 1.80 bits per heavy atom. The van der Waals surface area contributed by atoms with Gasteiger partial charge in [0.05, 0.1) is 6.21 Å². The first-order chi connectivity index (χ1) is 9.84. The lowest BCUT2D eigenvalue weighted by molar-refractivity contribution is 0.474. The number of aryl methyl sites for hydroxylation is 1. The molecule has 20 heavy (non-hydrogen) atoms. The molecule has 1 aliphatic rings. The highest BCUT2D eigenvalue weighted by atomic mass is 16.3. The van der Waals surface area contributed by atoms with Gasteiger partial charge in [-0.25, -0.2) is 0 Å². The van der Waals surface area contributed by atoms with Gasteiger partial charge in [-0.05, 0) is 36.1 Å². The van der Waals surface area contributed by atoms with Crippen molar-refractivity contribution in [1.82, 2.24) is 0 Å². The van der Waals surface area contributed by atoms with E-state index < -0.39 is 0 Å². The zero-order valence-electron chi connectivity index (χ0n) is 11.1. The van der Waals surface area contributed by atoms with E-state index in [2.05, 4.69) is 34.5 Å². The first-order valence-electron chi connectivity index (χ1n) is 6.77. The molecule has 0 radical (unpaired) electrons. The van der Waals surface area contributed by atoms with Gasteiger partial charge in [0, 0.05) is 17.7 Å². The molecule has 0 heterocycles. The Bertz CT molecular complexity index is 662. The van der Waals surface area contributed by atoms with Gasteiger partial charge in [0.15, 0.2) is 0 Å². The predicted molar refractivity (Wildman–Crippen MR) is 81.7 cm³/mol. The smallest absolute Gasteiger partial charge is 0.124 e. The molecule has 3 nitrogen and oxygen atoms in total. The van der Waals surface area contributed by atoms with Crippen LogP contribution in [-0.4, -0.2) is 17.5 Å². The molecule has 3 heteroatoms. The Morgan fingerprint density at radius 1 is 1.00 bits per heavy atom. The van der Waals surface area contributed by atoms with Crippen LogP contribution >= 0.6 is 0 Å². The van der Waals surface area contributed by atoms with Gasteiger partial charge in [0.25, 0.3) is 0 Å². The zero-order chi connectivity index (χ0) is 13.8. The third-order valence-corrected chi connectivity index (χ3v) is 3.63. The van der Waals surface area contributed by atoms with Gasteiger partial charge >= 0.3 is 0 Å². The SMILES string of the molecule is Oc1ccccc1C=NN=CC1CCc2ccccc21. The molecule has 1 N–H and O–H groups in total. The largest absolute Gasteiger partial charge is 0.507 e. The Labute approximate surface area is 118 Å². The molecule has 1 aliphatic carbocycles. The van der Waals surface area contributed by atoms with Crippen LogP contribution in [0.4, 0.5) is 0 Å². The summed E-state index contributed by atoms with van der Waals surface area (Å²) in [5.41, 5.74) is 3.44. The van der Waals surface area contributed by atoms with Gasteiger partial charge < -0.3 is 5.11 Å². The normalized spacial score (nSPS) is 17.9. The maximum Gasteiger partial charge on any atom is 0.124 e. The topological polar surface area (TPSA) is 45.0 Å². The fourth-order valence-corrected chi connectivity index (χ4v) is 2.56. The molecule has 0 saturated heterocycles. The van der Waals surface area contributed by atoms with Gasteiger partial charge in [-0.15, -0.1) is 0 Å². The van der Waals surface area contributed by atoms with Crippen molar-refractivity contribution in [3.63, 3.8) is 0 Å². The van der Waals surface area contributed by atoms with Crippen LogP contribution in [0.15, 0.2) is 58.7 Å². The zero-order valence-corrected chi connectivity index (χ0v) is 11.1. The van der Waals surface area contributed by atoms with Gasteiger partial charge in [0.2, 0.25) is 0 Å². The second-order valence-corrected chi connectivity index (χ2v) is 4.91. The van der Waals surface area contributed by atoms with E-state index >= 15 is 0 Å². The van der Waals surface area contributed by atoms with Crippen LogP contribution in [0.1, 0.15) is 29.0 Å². The van der Waals surface area contributed by atoms with E-state index in [0.29, 0.717) is 11.5 Å². The van der Waals surface area contributed by atoms with E-state index in [9.17, 15) is 5.11 Å². The Balaban J connectivity index is 1.69. The number of benzene rings is 2. The molecule has 0 saturated carbocycles. The standard InChI is InChI=1S/C17H16N2O/c20-17-8-4-2-6-15(17)12-19-18-11-14-10-9-13-5-1-3-7-16(13)14/h1-8,11-12,14,20H,9-10H2. The van der Waals surface area contributed by atoms with Crippen LogP contribution in [-0.2, 0) is 6.42 Å². The highest BCUT2D eigenvalue weighted by Crippen LogP contribution is 2.31. The molecule has 0 aliphatic heterocycles. The van der Waals surface area contributed by atoms with E-state index in [0.717, 1.165) is 12.8 Å². The van der Waals surface area contributed by atoms with Crippen molar-refractivity contribution in [2.75, 3.05) is 0 Å². The van der Waals surface area contributed by atoms with Gasteiger partial charge in [0.1, 0.15) is 5.75 Å². The van der Waals surface area contributed by atoms with Crippen molar-refractivity contribution >= 4 is 12.4 Å². The minimum absolute atomic E-state index is 0.220. The number of rotatable bonds is 3. The monoisotopic (exact) mass is 264 g/mol. The number of phenolic OH excluding ortho intramolecular Hbond substituents is 1. The fourth-order valence-electron chi connectivity index (χ4n) is 2.56. The summed E-state index contributed by atoms with van der Waals surface area (Å²) in [5, 5.41) is 17.8. The molecule has 2 aromatic rings. The van der Waals surface area contributed by atoms with E-state index in [-0.39, 0.29) is 5.75 Å². The van der Waals surface area contributed by atoms with E-state index in [1.54, 1.807) is 24.4 Å². The number of hydrogen-bond acceptors (Lipinski definition) is 3. The summed E-state index contributed by atoms with van der Waals surface area (Å²) in [7, 11) is 0. The number of para-hydroxylation sites is 1. The molecule has 2 aromatic carbocycles. The third kappa shape index (κ3) is 2.62. The maximum atomic E-state index is 9.61. The van der Waals surface area contributed by atoms with Crippen LogP contribution in [0.3, 0.4) is 0 Å². The highest BCUT2D eigenvalue weighted by Gasteiger charge is 2.19. The first kappa shape index (κ1) is 12.6. The minimum Gasteiger partial charge on any atom is -0.507 e. The van der Waals surface area contributed by atoms with Crippen molar-refractivity contribution in [2.24, 2.45) is 10.2 Å². The minimum atomic E-state index is 0.220. The van der Waals surface area contributed by atoms with Crippen molar-refractivity contribution in [2.45, 2.75) is 18.8 Å². The van der Waals surface area contributed by atoms with Gasteiger partial charge in [-0.2, -0.15) is 10.2 Å². The Hall–Kier alpha value is -2.42. The van der Waals surface area contributed by atoms with Crippen LogP contribution in [0.2, 0.25) is 0 Å². The number of phenols is 1. The maximum absolute atomic E-state index is 9.61. The number of hydrogen-bond donors (Lipinski definition) is 1. The lowest BCUT2D eigenvalue weighted by atomic mass is 10.0. The lowest BCUT2D eigenvalue weighted by Crippen LogP contribution is -1.93. The van der Waals surface area contributed by atoms with Crippen LogP contribution in [0.25, 0.3) is 0 Å². The summed E-state index contributed by atoms with van der Waals surface area (Å²) in [5.74, 6) is 0.574. The first-order valence-corrected chi connectivity index (χ1v) is 6.77. The van der Waals surface area contributed by atoms with Gasteiger partial charge in [-0.3, -0.25) is 0 Å². The summed E-state index contributed by atoms with van der Waals surface area (Å²) in [4.78, 5) is 0. The number of aromatic hydroxyl groups is 1. The second kappa shape index (κ2) is 5.70. The van der Waals surface area contributed by atoms with Crippen molar-refractivity contribution in [3.8, 4) is 5.75 Å². The Morgan fingerprint density at radius 3 is 2.70 bits per heavy atom. The number of nitrogens with zero attached hydrogens (tertiary/aromatic N) is 2. The summed E-state index contributed by atoms with van der Waals surface area (Å²) < 4.78 is 0. The average Bonchev–Trinajstić information content (AvgIpc) is 2.89. The molecule has 1 unspecified atom stereocenters. The molecule has 0 spiro atoms. The summed E-state index contributed by atoms with van der Waals surface area (Å²) >= 11 is 0. The summed E-state index contributed by atoms with van der Waals surface area (Å²) in [6.45, 7) is 0. The molecule has 100 valence electrons. The van der Waals surface area contributed by atoms with Crippen molar-refractivity contribution < 1.29 is 5.11 Å². The third-order valence-electron chi connectivity index (χ3n) is 3.63. The molecular weight excluding hydrogens is 248 g/mol. The van der Waals surface area contributed by atoms with Crippen molar-refractivity contribution in [3.05, 3.63) is 65.2 Å². The Kier molecular flexibility index (Phi) is 3.59. The quantitative estimate of drug-likeness (QED) is 0.669. The van der Waals surface area contributed by atoms with E-state index in [4.69, 9.17) is 0 Å². The fraction of sp³-hybridized carbons (Fsp3) is 0.176. The predicted octanol–water partition coefficient (Wildman–Crippen LogP) is 3.53. The van der Waals surface area contributed by atoms with Crippen molar-refractivity contribution in [1.29, 1.82) is 0 Å². The number of fused-ring (bicyclic) bond motifs is 1. The molecule has 1 atom stereocenters. The van der Waals surface area contributed by atoms with E-state index in [1.807, 2.05) is 12.3 Å². The molecule has 3 rings (SSSR count). The van der Waals surface area contributed by atoms with Crippen LogP contribution in [0, 0.1) is 0 Å². The molecule has 0 amide bonds. The molecular formula is C17H16N2O. The van der Waals surface area contributed by atoms with Crippen LogP contribution < -0.4 is 0 Å². The molecule has 0 fully saturated rings. The average molecular weight is 264 g/mol. The summed E-state index contributed by atoms with van der Waals surface area (Å²) in [6, 6.07) is 15.6. The highest BCUT2D eigenvalue weighted by molar-refractivity contribution is 5.83. The lowest BCUT2D eigenvalue weighted by Gasteiger charge is -2.03. The van der Waals surface area contributed by atoms with Gasteiger partial charge in [-0.1, -0.05) is 36.4 Å². The second-order valence-electron chi connectivity index (χ2n) is 4.91. The van der Waals surface area contributed by atoms with E-state index in [1.165, 1.54) is 11.1 Å².